The summed E-state index contributed by atoms with van der Waals surface area (Å²) in [5.41, 5.74) is 8.58. The Balaban J connectivity index is 0.000000980. The number of rotatable bonds is 2. The number of halogens is 1. The van der Waals surface area contributed by atoms with E-state index in [1.54, 1.807) is 0 Å². The van der Waals surface area contributed by atoms with E-state index in [1.807, 2.05) is 6.07 Å². The molecule has 2 rings (SSSR count). The van der Waals surface area contributed by atoms with Crippen LogP contribution in [-0.2, 0) is 6.42 Å². The first-order valence-corrected chi connectivity index (χ1v) is 4.77. The van der Waals surface area contributed by atoms with E-state index in [2.05, 4.69) is 18.2 Å². The molecule has 2 atom stereocenters. The van der Waals surface area contributed by atoms with Gasteiger partial charge in [-0.1, -0.05) is 24.3 Å². The summed E-state index contributed by atoms with van der Waals surface area (Å²) in [5.74, 6) is 0.362. The first-order chi connectivity index (χ1) is 6.33. The van der Waals surface area contributed by atoms with E-state index >= 15 is 0 Å². The number of fused-ring (bicyclic) bond motifs is 1. The van der Waals surface area contributed by atoms with Crippen molar-refractivity contribution in [3.63, 3.8) is 0 Å². The fraction of sp³-hybridized carbons (Fsp3) is 0.455. The van der Waals surface area contributed by atoms with Crippen molar-refractivity contribution in [2.24, 2.45) is 5.73 Å². The first kappa shape index (κ1) is 11.5. The zero-order valence-corrected chi connectivity index (χ0v) is 8.83. The standard InChI is InChI=1S/C11H15NO.ClH/c12-11(7-13)10-6-5-8-3-1-2-4-9(8)10;/h1-4,10-11,13H,5-7,12H2;1H. The normalized spacial score (nSPS) is 21.1. The predicted octanol–water partition coefficient (Wildman–Crippen LogP) is 1.46. The fourth-order valence-corrected chi connectivity index (χ4v) is 2.16. The maximum atomic E-state index is 9.00. The highest BCUT2D eigenvalue weighted by molar-refractivity contribution is 5.85. The molecule has 0 spiro atoms. The average Bonchev–Trinajstić information content (AvgIpc) is 2.60. The van der Waals surface area contributed by atoms with Crippen molar-refractivity contribution in [1.82, 2.24) is 0 Å². The molecule has 0 saturated carbocycles. The highest BCUT2D eigenvalue weighted by Crippen LogP contribution is 2.34. The summed E-state index contributed by atoms with van der Waals surface area (Å²) < 4.78 is 0. The predicted molar refractivity (Wildman–Crippen MR) is 59.8 cm³/mol. The van der Waals surface area contributed by atoms with E-state index in [9.17, 15) is 0 Å². The summed E-state index contributed by atoms with van der Waals surface area (Å²) in [7, 11) is 0. The second-order valence-electron chi connectivity index (χ2n) is 3.69. The number of hydrogen-bond acceptors (Lipinski definition) is 2. The van der Waals surface area contributed by atoms with E-state index in [-0.39, 0.29) is 25.1 Å². The summed E-state index contributed by atoms with van der Waals surface area (Å²) in [5, 5.41) is 9.00. The summed E-state index contributed by atoms with van der Waals surface area (Å²) >= 11 is 0. The lowest BCUT2D eigenvalue weighted by Crippen LogP contribution is -2.30. The number of hydrogen-bond donors (Lipinski definition) is 2. The van der Waals surface area contributed by atoms with Gasteiger partial charge in [-0.2, -0.15) is 0 Å². The molecule has 1 aliphatic carbocycles. The SMILES string of the molecule is Cl.NC(CO)C1CCc2ccccc21. The van der Waals surface area contributed by atoms with Crippen LogP contribution in [0.5, 0.6) is 0 Å². The molecule has 0 aromatic heterocycles. The number of nitrogens with two attached hydrogens (primary N) is 1. The van der Waals surface area contributed by atoms with Crippen LogP contribution in [0.1, 0.15) is 23.5 Å². The maximum absolute atomic E-state index is 9.00. The van der Waals surface area contributed by atoms with Gasteiger partial charge in [0, 0.05) is 12.0 Å². The van der Waals surface area contributed by atoms with E-state index in [1.165, 1.54) is 11.1 Å². The van der Waals surface area contributed by atoms with Crippen LogP contribution in [0.15, 0.2) is 24.3 Å². The van der Waals surface area contributed by atoms with Crippen LogP contribution < -0.4 is 5.73 Å². The minimum atomic E-state index is -0.0938. The van der Waals surface area contributed by atoms with Gasteiger partial charge in [0.25, 0.3) is 0 Å². The molecule has 2 unspecified atom stereocenters. The summed E-state index contributed by atoms with van der Waals surface area (Å²) in [4.78, 5) is 0. The lowest BCUT2D eigenvalue weighted by Gasteiger charge is -2.17. The molecule has 0 heterocycles. The molecule has 0 aliphatic heterocycles. The fourth-order valence-electron chi connectivity index (χ4n) is 2.16. The average molecular weight is 214 g/mol. The van der Waals surface area contributed by atoms with E-state index in [0.717, 1.165) is 12.8 Å². The van der Waals surface area contributed by atoms with Crippen molar-refractivity contribution >= 4 is 12.4 Å². The van der Waals surface area contributed by atoms with Crippen molar-refractivity contribution in [3.05, 3.63) is 35.4 Å². The Kier molecular flexibility index (Phi) is 3.93. The topological polar surface area (TPSA) is 46.2 Å². The van der Waals surface area contributed by atoms with Gasteiger partial charge in [-0.15, -0.1) is 12.4 Å². The molecule has 78 valence electrons. The molecular formula is C11H16ClNO. The van der Waals surface area contributed by atoms with Gasteiger partial charge in [-0.05, 0) is 24.0 Å². The Morgan fingerprint density at radius 3 is 2.86 bits per heavy atom. The number of aliphatic hydroxyl groups is 1. The third-order valence-electron chi connectivity index (χ3n) is 2.91. The van der Waals surface area contributed by atoms with E-state index in [0.29, 0.717) is 5.92 Å². The van der Waals surface area contributed by atoms with Crippen LogP contribution in [0.3, 0.4) is 0 Å². The van der Waals surface area contributed by atoms with Crippen molar-refractivity contribution < 1.29 is 5.11 Å². The molecule has 1 aromatic carbocycles. The largest absolute Gasteiger partial charge is 0.395 e. The second-order valence-corrected chi connectivity index (χ2v) is 3.69. The monoisotopic (exact) mass is 213 g/mol. The zero-order valence-electron chi connectivity index (χ0n) is 8.02. The van der Waals surface area contributed by atoms with Crippen LogP contribution >= 0.6 is 12.4 Å². The summed E-state index contributed by atoms with van der Waals surface area (Å²) in [6.45, 7) is 0.0823. The van der Waals surface area contributed by atoms with E-state index < -0.39 is 0 Å². The molecule has 1 aliphatic rings. The third kappa shape index (κ3) is 1.92. The van der Waals surface area contributed by atoms with Crippen LogP contribution in [0, 0.1) is 0 Å². The molecule has 0 saturated heterocycles. The van der Waals surface area contributed by atoms with Crippen LogP contribution in [0.4, 0.5) is 0 Å². The molecule has 14 heavy (non-hydrogen) atoms. The number of aryl methyl sites for hydroxylation is 1. The Hall–Kier alpha value is -0.570. The van der Waals surface area contributed by atoms with Crippen LogP contribution in [-0.4, -0.2) is 17.8 Å². The van der Waals surface area contributed by atoms with Gasteiger partial charge in [0.1, 0.15) is 0 Å². The van der Waals surface area contributed by atoms with E-state index in [4.69, 9.17) is 10.8 Å². The van der Waals surface area contributed by atoms with Gasteiger partial charge in [0.05, 0.1) is 6.61 Å². The number of aliphatic hydroxyl groups excluding tert-OH is 1. The summed E-state index contributed by atoms with van der Waals surface area (Å²) in [6.07, 6.45) is 2.19. The Morgan fingerprint density at radius 2 is 2.14 bits per heavy atom. The molecule has 0 radical (unpaired) electrons. The Morgan fingerprint density at radius 1 is 1.43 bits per heavy atom. The summed E-state index contributed by atoms with van der Waals surface area (Å²) in [6, 6.07) is 8.29. The van der Waals surface area contributed by atoms with Crippen LogP contribution in [0.25, 0.3) is 0 Å². The van der Waals surface area contributed by atoms with Gasteiger partial charge >= 0.3 is 0 Å². The number of benzene rings is 1. The second kappa shape index (κ2) is 4.78. The smallest absolute Gasteiger partial charge is 0.0588 e. The van der Waals surface area contributed by atoms with Crippen molar-refractivity contribution in [1.29, 1.82) is 0 Å². The maximum Gasteiger partial charge on any atom is 0.0588 e. The lowest BCUT2D eigenvalue weighted by atomic mass is 9.94. The lowest BCUT2D eigenvalue weighted by molar-refractivity contribution is 0.248. The molecule has 0 fully saturated rings. The Bertz CT molecular complexity index is 303. The molecule has 2 nitrogen and oxygen atoms in total. The van der Waals surface area contributed by atoms with Gasteiger partial charge < -0.3 is 10.8 Å². The molecule has 3 heteroatoms. The van der Waals surface area contributed by atoms with Gasteiger partial charge in [0.15, 0.2) is 0 Å². The molecule has 0 amide bonds. The third-order valence-corrected chi connectivity index (χ3v) is 2.91. The molecule has 3 N–H and O–H groups in total. The van der Waals surface area contributed by atoms with Gasteiger partial charge in [-0.25, -0.2) is 0 Å². The highest BCUT2D eigenvalue weighted by Gasteiger charge is 2.26. The molecular weight excluding hydrogens is 198 g/mol. The molecule has 1 aromatic rings. The van der Waals surface area contributed by atoms with Crippen LogP contribution in [0.2, 0.25) is 0 Å². The minimum Gasteiger partial charge on any atom is -0.395 e. The zero-order chi connectivity index (χ0) is 9.26. The van der Waals surface area contributed by atoms with Crippen molar-refractivity contribution in [3.8, 4) is 0 Å². The first-order valence-electron chi connectivity index (χ1n) is 4.77. The highest BCUT2D eigenvalue weighted by atomic mass is 35.5. The van der Waals surface area contributed by atoms with Gasteiger partial charge in [0.2, 0.25) is 0 Å². The minimum absolute atomic E-state index is 0. The Labute approximate surface area is 90.5 Å². The van der Waals surface area contributed by atoms with Gasteiger partial charge in [-0.3, -0.25) is 0 Å². The van der Waals surface area contributed by atoms with Crippen molar-refractivity contribution in [2.45, 2.75) is 24.8 Å². The van der Waals surface area contributed by atoms with Crippen molar-refractivity contribution in [2.75, 3.05) is 6.61 Å². The molecule has 0 bridgehead atoms. The quantitative estimate of drug-likeness (QED) is 0.782.